The van der Waals surface area contributed by atoms with E-state index in [9.17, 15) is 27.6 Å². The number of halogens is 3. The highest BCUT2D eigenvalue weighted by molar-refractivity contribution is 5.96. The van der Waals surface area contributed by atoms with Crippen LogP contribution >= 0.6 is 0 Å². The number of benzene rings is 2. The quantitative estimate of drug-likeness (QED) is 0.555. The van der Waals surface area contributed by atoms with Crippen LogP contribution in [-0.4, -0.2) is 30.3 Å². The smallest absolute Gasteiger partial charge is 0.445 e. The van der Waals surface area contributed by atoms with Crippen molar-refractivity contribution in [3.63, 3.8) is 0 Å². The van der Waals surface area contributed by atoms with E-state index in [-0.39, 0.29) is 25.1 Å². The van der Waals surface area contributed by atoms with E-state index in [2.05, 4.69) is 15.4 Å². The second-order valence-electron chi connectivity index (χ2n) is 6.33. The lowest BCUT2D eigenvalue weighted by atomic mass is 10.1. The highest BCUT2D eigenvalue weighted by Crippen LogP contribution is 2.24. The summed E-state index contributed by atoms with van der Waals surface area (Å²) in [6, 6.07) is 12.1. The Bertz CT molecular complexity index is 889. The van der Waals surface area contributed by atoms with E-state index in [0.29, 0.717) is 0 Å². The number of rotatable bonds is 9. The lowest BCUT2D eigenvalue weighted by Crippen LogP contribution is -2.44. The number of alkyl carbamates (subject to hydrolysis) is 1. The minimum Gasteiger partial charge on any atom is -0.445 e. The SMILES string of the molecule is NC(=O)CC[C@H](NC(=O)OCc1ccccc1)C(=O)Nc1ccc(OC(F)(F)F)cc1. The zero-order valence-corrected chi connectivity index (χ0v) is 16.1. The second kappa shape index (κ2) is 10.9. The summed E-state index contributed by atoms with van der Waals surface area (Å²) in [5, 5.41) is 4.79. The van der Waals surface area contributed by atoms with Crippen molar-refractivity contribution in [1.29, 1.82) is 0 Å². The van der Waals surface area contributed by atoms with E-state index in [1.54, 1.807) is 30.3 Å². The second-order valence-corrected chi connectivity index (χ2v) is 6.33. The van der Waals surface area contributed by atoms with Gasteiger partial charge in [-0.1, -0.05) is 30.3 Å². The van der Waals surface area contributed by atoms with Crippen molar-refractivity contribution >= 4 is 23.6 Å². The summed E-state index contributed by atoms with van der Waals surface area (Å²) in [6.45, 7) is -0.0303. The van der Waals surface area contributed by atoms with Crippen LogP contribution in [0.1, 0.15) is 18.4 Å². The molecule has 3 amide bonds. The summed E-state index contributed by atoms with van der Waals surface area (Å²) in [5.74, 6) is -1.84. The number of hydrogen-bond donors (Lipinski definition) is 3. The minimum atomic E-state index is -4.84. The molecule has 2 aromatic carbocycles. The fourth-order valence-corrected chi connectivity index (χ4v) is 2.43. The first-order valence-electron chi connectivity index (χ1n) is 9.04. The van der Waals surface area contributed by atoms with Crippen molar-refractivity contribution < 1.29 is 37.0 Å². The molecule has 0 spiro atoms. The third-order valence-electron chi connectivity index (χ3n) is 3.86. The number of nitrogens with two attached hydrogens (primary N) is 1. The minimum absolute atomic E-state index is 0.0303. The van der Waals surface area contributed by atoms with Gasteiger partial charge in [-0.2, -0.15) is 0 Å². The van der Waals surface area contributed by atoms with Crippen molar-refractivity contribution in [2.24, 2.45) is 5.73 Å². The molecule has 0 saturated heterocycles. The molecule has 0 aliphatic carbocycles. The molecule has 0 heterocycles. The molecule has 2 aromatic rings. The molecule has 0 bridgehead atoms. The molecule has 4 N–H and O–H groups in total. The third kappa shape index (κ3) is 9.07. The van der Waals surface area contributed by atoms with E-state index in [1.165, 1.54) is 12.1 Å². The first kappa shape index (κ1) is 23.5. The van der Waals surface area contributed by atoms with Crippen molar-refractivity contribution in [1.82, 2.24) is 5.32 Å². The number of nitrogens with one attached hydrogen (secondary N) is 2. The number of ether oxygens (including phenoxy) is 2. The maximum Gasteiger partial charge on any atom is 0.573 e. The lowest BCUT2D eigenvalue weighted by Gasteiger charge is -2.18. The molecule has 8 nitrogen and oxygen atoms in total. The Kier molecular flexibility index (Phi) is 8.24. The van der Waals surface area contributed by atoms with Gasteiger partial charge in [0.15, 0.2) is 0 Å². The van der Waals surface area contributed by atoms with Crippen LogP contribution in [0.2, 0.25) is 0 Å². The summed E-state index contributed by atoms with van der Waals surface area (Å²) < 4.78 is 45.5. The topological polar surface area (TPSA) is 120 Å². The summed E-state index contributed by atoms with van der Waals surface area (Å²) in [5.41, 5.74) is 5.99. The standard InChI is InChI=1S/C20H20F3N3O5/c21-20(22,23)31-15-8-6-14(7-9-15)25-18(28)16(10-11-17(24)27)26-19(29)30-12-13-4-2-1-3-5-13/h1-9,16H,10-12H2,(H2,24,27)(H,25,28)(H,26,29)/t16-/m0/s1. The van der Waals surface area contributed by atoms with Crippen molar-refractivity contribution in [3.05, 3.63) is 60.2 Å². The third-order valence-corrected chi connectivity index (χ3v) is 3.86. The molecule has 0 fully saturated rings. The highest BCUT2D eigenvalue weighted by Gasteiger charge is 2.31. The molecule has 0 unspecified atom stereocenters. The molecule has 0 aromatic heterocycles. The zero-order chi connectivity index (χ0) is 22.9. The Labute approximate surface area is 175 Å². The number of alkyl halides is 3. The number of anilines is 1. The number of primary amides is 1. The monoisotopic (exact) mass is 439 g/mol. The van der Waals surface area contributed by atoms with Crippen LogP contribution in [0.15, 0.2) is 54.6 Å². The maximum absolute atomic E-state index is 12.5. The maximum atomic E-state index is 12.5. The average Bonchev–Trinajstić information content (AvgIpc) is 2.70. The Hall–Kier alpha value is -3.76. The largest absolute Gasteiger partial charge is 0.573 e. The Morgan fingerprint density at radius 3 is 2.23 bits per heavy atom. The Balaban J connectivity index is 1.96. The molecule has 1 atom stereocenters. The van der Waals surface area contributed by atoms with Gasteiger partial charge in [-0.3, -0.25) is 9.59 Å². The van der Waals surface area contributed by atoms with Crippen LogP contribution < -0.4 is 21.1 Å². The highest BCUT2D eigenvalue weighted by atomic mass is 19.4. The fourth-order valence-electron chi connectivity index (χ4n) is 2.43. The number of hydrogen-bond acceptors (Lipinski definition) is 5. The van der Waals surface area contributed by atoms with Gasteiger partial charge in [0.05, 0.1) is 0 Å². The Morgan fingerprint density at radius 1 is 1.00 bits per heavy atom. The summed E-state index contributed by atoms with van der Waals surface area (Å²) >= 11 is 0. The molecule has 0 aliphatic heterocycles. The van der Waals surface area contributed by atoms with E-state index in [1.807, 2.05) is 0 Å². The van der Waals surface area contributed by atoms with E-state index in [4.69, 9.17) is 10.5 Å². The van der Waals surface area contributed by atoms with Crippen molar-refractivity contribution in [2.75, 3.05) is 5.32 Å². The van der Waals surface area contributed by atoms with Gasteiger partial charge in [0.1, 0.15) is 18.4 Å². The molecule has 2 rings (SSSR count). The van der Waals surface area contributed by atoms with E-state index >= 15 is 0 Å². The molecule has 0 saturated carbocycles. The van der Waals surface area contributed by atoms with Gasteiger partial charge in [-0.15, -0.1) is 13.2 Å². The van der Waals surface area contributed by atoms with Crippen LogP contribution in [0.4, 0.5) is 23.7 Å². The van der Waals surface area contributed by atoms with Crippen LogP contribution in [0.5, 0.6) is 5.75 Å². The molecular weight excluding hydrogens is 419 g/mol. The van der Waals surface area contributed by atoms with E-state index in [0.717, 1.165) is 17.7 Å². The van der Waals surface area contributed by atoms with Gasteiger partial charge in [0.25, 0.3) is 0 Å². The number of carbonyl (C=O) groups excluding carboxylic acids is 3. The van der Waals surface area contributed by atoms with Crippen LogP contribution in [-0.2, 0) is 20.9 Å². The Morgan fingerprint density at radius 2 is 1.65 bits per heavy atom. The van der Waals surface area contributed by atoms with Gasteiger partial charge in [0.2, 0.25) is 11.8 Å². The molecule has 0 radical (unpaired) electrons. The van der Waals surface area contributed by atoms with Gasteiger partial charge in [0, 0.05) is 12.1 Å². The molecule has 0 aliphatic rings. The molecule has 11 heteroatoms. The average molecular weight is 439 g/mol. The predicted molar refractivity (Wildman–Crippen MR) is 104 cm³/mol. The lowest BCUT2D eigenvalue weighted by molar-refractivity contribution is -0.274. The summed E-state index contributed by atoms with van der Waals surface area (Å²) in [4.78, 5) is 35.6. The summed E-state index contributed by atoms with van der Waals surface area (Å²) in [6.07, 6.45) is -6.01. The van der Waals surface area contributed by atoms with Crippen molar-refractivity contribution in [2.45, 2.75) is 31.9 Å². The predicted octanol–water partition coefficient (Wildman–Crippen LogP) is 3.08. The number of carbonyl (C=O) groups is 3. The fraction of sp³-hybridized carbons (Fsp3) is 0.250. The molecule has 31 heavy (non-hydrogen) atoms. The van der Waals surface area contributed by atoms with Crippen LogP contribution in [0.25, 0.3) is 0 Å². The van der Waals surface area contributed by atoms with Gasteiger partial charge in [-0.25, -0.2) is 4.79 Å². The zero-order valence-electron chi connectivity index (χ0n) is 16.1. The van der Waals surface area contributed by atoms with Crippen molar-refractivity contribution in [3.8, 4) is 5.75 Å². The van der Waals surface area contributed by atoms with Gasteiger partial charge >= 0.3 is 12.5 Å². The van der Waals surface area contributed by atoms with E-state index < -0.39 is 36.1 Å². The normalized spacial score (nSPS) is 11.8. The first-order chi connectivity index (χ1) is 14.6. The first-order valence-corrected chi connectivity index (χ1v) is 9.04. The van der Waals surface area contributed by atoms with Crippen LogP contribution in [0.3, 0.4) is 0 Å². The van der Waals surface area contributed by atoms with Crippen LogP contribution in [0, 0.1) is 0 Å². The van der Waals surface area contributed by atoms with Gasteiger partial charge in [-0.05, 0) is 36.2 Å². The molecule has 166 valence electrons. The van der Waals surface area contributed by atoms with Gasteiger partial charge < -0.3 is 25.8 Å². The number of amides is 3. The molecular formula is C20H20F3N3O5. The summed E-state index contributed by atoms with van der Waals surface area (Å²) in [7, 11) is 0.